The summed E-state index contributed by atoms with van der Waals surface area (Å²) < 4.78 is 1.42. The lowest BCUT2D eigenvalue weighted by Gasteiger charge is -2.45. The molecule has 10 heteroatoms. The van der Waals surface area contributed by atoms with Gasteiger partial charge in [-0.1, -0.05) is 60.7 Å². The predicted octanol–water partition coefficient (Wildman–Crippen LogP) is 2.89. The highest BCUT2D eigenvalue weighted by Crippen LogP contribution is 2.30. The molecule has 2 aliphatic rings. The molecule has 1 aromatic heterocycles. The first-order valence-corrected chi connectivity index (χ1v) is 12.8. The molecule has 3 aromatic rings. The average Bonchev–Trinajstić information content (AvgIpc) is 2.95. The summed E-state index contributed by atoms with van der Waals surface area (Å²) in [7, 11) is 0. The zero-order valence-corrected chi connectivity index (χ0v) is 21.0. The Morgan fingerprint density at radius 2 is 1.58 bits per heavy atom. The maximum absolute atomic E-state index is 13.5. The highest BCUT2D eigenvalue weighted by molar-refractivity contribution is 5.76. The number of rotatable bonds is 4. The Morgan fingerprint density at radius 3 is 2.21 bits per heavy atom. The van der Waals surface area contributed by atoms with Crippen molar-refractivity contribution in [1.29, 1.82) is 0 Å². The van der Waals surface area contributed by atoms with Gasteiger partial charge in [0.25, 0.3) is 5.56 Å². The normalized spacial score (nSPS) is 19.3. The molecule has 0 saturated carbocycles. The molecular formula is C28H31N5O5. The fraction of sp³-hybridized carbons (Fsp3) is 0.357. The number of piperazine rings is 1. The fourth-order valence-electron chi connectivity index (χ4n) is 5.23. The molecule has 2 saturated heterocycles. The number of carbonyl (C=O) groups excluding carboxylic acids is 1. The topological polar surface area (TPSA) is 119 Å². The van der Waals surface area contributed by atoms with E-state index in [1.807, 2.05) is 60.7 Å². The van der Waals surface area contributed by atoms with Crippen molar-refractivity contribution < 1.29 is 19.8 Å². The van der Waals surface area contributed by atoms with E-state index in [9.17, 15) is 24.6 Å². The summed E-state index contributed by atoms with van der Waals surface area (Å²) in [5.41, 5.74) is 0.923. The lowest BCUT2D eigenvalue weighted by Crippen LogP contribution is -2.58. The molecule has 2 fully saturated rings. The third-order valence-corrected chi connectivity index (χ3v) is 7.46. The minimum absolute atomic E-state index is 0.0971. The number of amides is 3. The second-order valence-electron chi connectivity index (χ2n) is 9.95. The number of hydrogen-bond acceptors (Lipinski definition) is 5. The Bertz CT molecular complexity index is 1340. The summed E-state index contributed by atoms with van der Waals surface area (Å²) in [6, 6.07) is 19.8. The van der Waals surface area contributed by atoms with Crippen molar-refractivity contribution in [3.8, 4) is 11.3 Å². The van der Waals surface area contributed by atoms with E-state index >= 15 is 0 Å². The van der Waals surface area contributed by atoms with Crippen molar-refractivity contribution in [3.05, 3.63) is 89.0 Å². The van der Waals surface area contributed by atoms with Gasteiger partial charge in [0.15, 0.2) is 0 Å². The van der Waals surface area contributed by atoms with Crippen molar-refractivity contribution in [3.63, 3.8) is 0 Å². The van der Waals surface area contributed by atoms with Crippen molar-refractivity contribution in [2.45, 2.75) is 31.0 Å². The van der Waals surface area contributed by atoms with Gasteiger partial charge in [0, 0.05) is 44.4 Å². The van der Waals surface area contributed by atoms with Crippen molar-refractivity contribution in [2.75, 3.05) is 32.7 Å². The predicted molar refractivity (Wildman–Crippen MR) is 141 cm³/mol. The molecule has 0 bridgehead atoms. The molecule has 1 atom stereocenters. The van der Waals surface area contributed by atoms with Crippen molar-refractivity contribution in [2.24, 2.45) is 0 Å². The lowest BCUT2D eigenvalue weighted by molar-refractivity contribution is -0.0317. The quantitative estimate of drug-likeness (QED) is 0.549. The number of nitrogens with zero attached hydrogens (tertiary/aromatic N) is 5. The standard InChI is InChI=1S/C28H31N5O5/c34-25-17-23(21-7-3-1-4-8-21)29-20-32(25)19-28(38)11-13-30(14-12-28)26(35)33-16-15-31(27(36)37)18-24(33)22-9-5-2-6-10-22/h1-10,17,20,24,38H,11-16,18-19H2,(H,36,37)/t24-/m0/s1. The van der Waals surface area contributed by atoms with E-state index in [1.165, 1.54) is 21.9 Å². The first-order chi connectivity index (χ1) is 18.3. The Morgan fingerprint density at radius 1 is 0.921 bits per heavy atom. The van der Waals surface area contributed by atoms with Crippen LogP contribution < -0.4 is 5.56 Å². The number of carbonyl (C=O) groups is 2. The van der Waals surface area contributed by atoms with E-state index in [4.69, 9.17) is 0 Å². The molecule has 0 unspecified atom stereocenters. The highest BCUT2D eigenvalue weighted by atomic mass is 16.4. The molecule has 198 valence electrons. The van der Waals surface area contributed by atoms with Gasteiger partial charge in [0.05, 0.1) is 30.2 Å². The van der Waals surface area contributed by atoms with Crippen LogP contribution in [0.15, 0.2) is 77.9 Å². The Kier molecular flexibility index (Phi) is 7.15. The molecule has 3 amide bonds. The Labute approximate surface area is 220 Å². The zero-order chi connectivity index (χ0) is 26.7. The summed E-state index contributed by atoms with van der Waals surface area (Å²) in [4.78, 5) is 47.1. The number of carboxylic acid groups (broad SMARTS) is 1. The number of hydrogen-bond donors (Lipinski definition) is 2. The maximum atomic E-state index is 13.5. The van der Waals surface area contributed by atoms with Gasteiger partial charge < -0.3 is 24.9 Å². The molecule has 5 rings (SSSR count). The summed E-state index contributed by atoms with van der Waals surface area (Å²) >= 11 is 0. The van der Waals surface area contributed by atoms with Crippen LogP contribution in [0.1, 0.15) is 24.4 Å². The van der Waals surface area contributed by atoms with Crippen LogP contribution in [0.25, 0.3) is 11.3 Å². The van der Waals surface area contributed by atoms with Gasteiger partial charge in [-0.2, -0.15) is 0 Å². The van der Waals surface area contributed by atoms with Crippen molar-refractivity contribution in [1.82, 2.24) is 24.3 Å². The molecule has 38 heavy (non-hydrogen) atoms. The third kappa shape index (κ3) is 5.40. The fourth-order valence-corrected chi connectivity index (χ4v) is 5.23. The highest BCUT2D eigenvalue weighted by Gasteiger charge is 2.39. The van der Waals surface area contributed by atoms with Gasteiger partial charge in [0.2, 0.25) is 0 Å². The van der Waals surface area contributed by atoms with Crippen LogP contribution in [0.4, 0.5) is 9.59 Å². The zero-order valence-electron chi connectivity index (χ0n) is 21.0. The summed E-state index contributed by atoms with van der Waals surface area (Å²) in [6.07, 6.45) is 1.10. The number of piperidine rings is 1. The number of aromatic nitrogens is 2. The van der Waals surface area contributed by atoms with E-state index in [2.05, 4.69) is 4.98 Å². The third-order valence-electron chi connectivity index (χ3n) is 7.46. The molecule has 2 aliphatic heterocycles. The molecule has 0 radical (unpaired) electrons. The first kappa shape index (κ1) is 25.5. The molecule has 0 spiro atoms. The van der Waals surface area contributed by atoms with Crippen LogP contribution in [-0.4, -0.2) is 84.9 Å². The Balaban J connectivity index is 1.25. The number of benzene rings is 2. The lowest BCUT2D eigenvalue weighted by atomic mass is 9.91. The van der Waals surface area contributed by atoms with Crippen LogP contribution in [0.2, 0.25) is 0 Å². The first-order valence-electron chi connectivity index (χ1n) is 12.8. The second-order valence-corrected chi connectivity index (χ2v) is 9.95. The number of likely N-dealkylation sites (tertiary alicyclic amines) is 1. The monoisotopic (exact) mass is 517 g/mol. The van der Waals surface area contributed by atoms with Crippen LogP contribution >= 0.6 is 0 Å². The van der Waals surface area contributed by atoms with Gasteiger partial charge in [-0.15, -0.1) is 0 Å². The van der Waals surface area contributed by atoms with E-state index in [1.54, 1.807) is 9.80 Å². The molecule has 2 N–H and O–H groups in total. The van der Waals surface area contributed by atoms with Crippen molar-refractivity contribution >= 4 is 12.1 Å². The van der Waals surface area contributed by atoms with Crippen LogP contribution in [0, 0.1) is 0 Å². The van der Waals surface area contributed by atoms with E-state index in [0.29, 0.717) is 38.2 Å². The van der Waals surface area contributed by atoms with Gasteiger partial charge in [-0.25, -0.2) is 14.6 Å². The second kappa shape index (κ2) is 10.7. The Hall–Kier alpha value is -4.18. The van der Waals surface area contributed by atoms with Crippen LogP contribution in [0.5, 0.6) is 0 Å². The number of urea groups is 1. The SMILES string of the molecule is O=C(O)N1CCN(C(=O)N2CCC(O)(Cn3cnc(-c4ccccc4)cc3=O)CC2)[C@H](c2ccccc2)C1. The van der Waals surface area contributed by atoms with Gasteiger partial charge in [-0.3, -0.25) is 9.36 Å². The van der Waals surface area contributed by atoms with Gasteiger partial charge in [0.1, 0.15) is 0 Å². The molecular weight excluding hydrogens is 486 g/mol. The summed E-state index contributed by atoms with van der Waals surface area (Å²) in [5.74, 6) is 0. The molecule has 2 aromatic carbocycles. The molecule has 3 heterocycles. The minimum atomic E-state index is -1.14. The smallest absolute Gasteiger partial charge is 0.407 e. The molecule has 0 aliphatic carbocycles. The molecule has 10 nitrogen and oxygen atoms in total. The summed E-state index contributed by atoms with van der Waals surface area (Å²) in [5, 5.41) is 20.8. The summed E-state index contributed by atoms with van der Waals surface area (Å²) in [6.45, 7) is 1.51. The number of aliphatic hydroxyl groups is 1. The largest absolute Gasteiger partial charge is 0.465 e. The minimum Gasteiger partial charge on any atom is -0.465 e. The van der Waals surface area contributed by atoms with E-state index < -0.39 is 11.7 Å². The van der Waals surface area contributed by atoms with E-state index in [0.717, 1.165) is 11.1 Å². The average molecular weight is 518 g/mol. The van der Waals surface area contributed by atoms with E-state index in [-0.39, 0.29) is 37.3 Å². The van der Waals surface area contributed by atoms with Gasteiger partial charge in [-0.05, 0) is 18.4 Å². The van der Waals surface area contributed by atoms with Gasteiger partial charge >= 0.3 is 12.1 Å². The maximum Gasteiger partial charge on any atom is 0.407 e. The van der Waals surface area contributed by atoms with Crippen LogP contribution in [-0.2, 0) is 6.54 Å². The van der Waals surface area contributed by atoms with Crippen LogP contribution in [0.3, 0.4) is 0 Å².